The lowest BCUT2D eigenvalue weighted by Gasteiger charge is -2.19. The summed E-state index contributed by atoms with van der Waals surface area (Å²) < 4.78 is 5.79. The lowest BCUT2D eigenvalue weighted by atomic mass is 9.87. The van der Waals surface area contributed by atoms with Gasteiger partial charge in [0.05, 0.1) is 12.3 Å². The predicted molar refractivity (Wildman–Crippen MR) is 113 cm³/mol. The molecule has 0 atom stereocenters. The van der Waals surface area contributed by atoms with Crippen LogP contribution in [0.15, 0.2) is 40.3 Å². The number of ether oxygens (including phenoxy) is 1. The molecule has 0 fully saturated rings. The number of thioether (sulfide) groups is 2. The number of nitrogens with one attached hydrogen (secondary N) is 1. The highest BCUT2D eigenvalue weighted by Crippen LogP contribution is 2.24. The molecule has 0 aliphatic heterocycles. The molecule has 4 nitrogen and oxygen atoms in total. The van der Waals surface area contributed by atoms with Crippen LogP contribution in [-0.4, -0.2) is 27.6 Å². The summed E-state index contributed by atoms with van der Waals surface area (Å²) in [4.78, 5) is 19.1. The Bertz CT molecular complexity index is 750. The lowest BCUT2D eigenvalue weighted by molar-refractivity contribution is 0.343. The van der Waals surface area contributed by atoms with Gasteiger partial charge in [0, 0.05) is 17.6 Å². The predicted octanol–water partition coefficient (Wildman–Crippen LogP) is 4.88. The van der Waals surface area contributed by atoms with Crippen LogP contribution < -0.4 is 10.3 Å². The van der Waals surface area contributed by atoms with Crippen LogP contribution in [0, 0.1) is 0 Å². The highest BCUT2D eigenvalue weighted by Gasteiger charge is 2.13. The Kier molecular flexibility index (Phi) is 7.65. The lowest BCUT2D eigenvalue weighted by Crippen LogP contribution is -2.11. The molecule has 2 rings (SSSR count). The maximum atomic E-state index is 11.8. The minimum atomic E-state index is -0.0967. The zero-order valence-electron chi connectivity index (χ0n) is 16.2. The fraction of sp³-hybridized carbons (Fsp3) is 0.500. The van der Waals surface area contributed by atoms with E-state index in [2.05, 4.69) is 56.7 Å². The number of H-pyrrole nitrogens is 1. The van der Waals surface area contributed by atoms with Gasteiger partial charge in [-0.25, -0.2) is 4.98 Å². The first kappa shape index (κ1) is 20.9. The van der Waals surface area contributed by atoms with Crippen LogP contribution in [-0.2, 0) is 11.2 Å². The number of hydrogen-bond acceptors (Lipinski definition) is 5. The van der Waals surface area contributed by atoms with E-state index < -0.39 is 0 Å². The van der Waals surface area contributed by atoms with Crippen LogP contribution in [0.1, 0.15) is 45.9 Å². The highest BCUT2D eigenvalue weighted by molar-refractivity contribution is 7.99. The van der Waals surface area contributed by atoms with Crippen molar-refractivity contribution in [1.82, 2.24) is 9.97 Å². The van der Waals surface area contributed by atoms with Gasteiger partial charge in [-0.1, -0.05) is 58.5 Å². The van der Waals surface area contributed by atoms with Crippen LogP contribution in [0.3, 0.4) is 0 Å². The largest absolute Gasteiger partial charge is 0.493 e. The molecule has 0 amide bonds. The van der Waals surface area contributed by atoms with Crippen molar-refractivity contribution >= 4 is 23.5 Å². The Labute approximate surface area is 164 Å². The van der Waals surface area contributed by atoms with Crippen LogP contribution in [0.5, 0.6) is 5.75 Å². The summed E-state index contributed by atoms with van der Waals surface area (Å²) in [5, 5.41) is 1.17. The average Bonchev–Trinajstić information content (AvgIpc) is 2.56. The highest BCUT2D eigenvalue weighted by atomic mass is 32.2. The van der Waals surface area contributed by atoms with Gasteiger partial charge in [0.1, 0.15) is 5.75 Å². The van der Waals surface area contributed by atoms with Gasteiger partial charge in [-0.3, -0.25) is 4.79 Å². The van der Waals surface area contributed by atoms with Gasteiger partial charge in [0.25, 0.3) is 5.56 Å². The Hall–Kier alpha value is -1.40. The van der Waals surface area contributed by atoms with Crippen molar-refractivity contribution in [3.05, 3.63) is 51.9 Å². The Balaban J connectivity index is 1.83. The molecule has 0 bridgehead atoms. The molecule has 26 heavy (non-hydrogen) atoms. The topological polar surface area (TPSA) is 55.0 Å². The molecule has 0 unspecified atom stereocenters. The molecule has 1 heterocycles. The standard InChI is InChI=1S/C20H28N2O2S2/c1-14(2)26-13-16-12-18(23)22-19(21-16)25-11-10-24-17-8-6-15(7-9-17)20(3,4)5/h6-9,12,14H,10-11,13H2,1-5H3,(H,21,22,23). The second-order valence-corrected chi connectivity index (χ2v) is 10.0. The minimum Gasteiger partial charge on any atom is -0.493 e. The Morgan fingerprint density at radius 2 is 1.88 bits per heavy atom. The summed E-state index contributed by atoms with van der Waals surface area (Å²) in [5.41, 5.74) is 2.16. The van der Waals surface area contributed by atoms with Gasteiger partial charge in [-0.15, -0.1) is 0 Å². The summed E-state index contributed by atoms with van der Waals surface area (Å²) >= 11 is 3.29. The number of hydrogen-bond donors (Lipinski definition) is 1. The first-order valence-corrected chi connectivity index (χ1v) is 10.9. The molecule has 0 aliphatic carbocycles. The summed E-state index contributed by atoms with van der Waals surface area (Å²) in [6, 6.07) is 9.81. The molecule has 0 radical (unpaired) electrons. The van der Waals surface area contributed by atoms with Gasteiger partial charge >= 0.3 is 0 Å². The van der Waals surface area contributed by atoms with E-state index in [-0.39, 0.29) is 11.0 Å². The van der Waals surface area contributed by atoms with Crippen molar-refractivity contribution in [3.8, 4) is 5.75 Å². The van der Waals surface area contributed by atoms with Crippen molar-refractivity contribution in [2.75, 3.05) is 12.4 Å². The number of aromatic nitrogens is 2. The van der Waals surface area contributed by atoms with Gasteiger partial charge in [0.2, 0.25) is 0 Å². The quantitative estimate of drug-likeness (QED) is 0.394. The SMILES string of the molecule is CC(C)SCc1cc(=O)[nH]c(SCCOc2ccc(C(C)(C)C)cc2)n1. The van der Waals surface area contributed by atoms with Gasteiger partial charge in [-0.2, -0.15) is 11.8 Å². The molecular formula is C20H28N2O2S2. The van der Waals surface area contributed by atoms with Crippen LogP contribution in [0.2, 0.25) is 0 Å². The van der Waals surface area contributed by atoms with E-state index in [0.29, 0.717) is 17.0 Å². The maximum Gasteiger partial charge on any atom is 0.251 e. The summed E-state index contributed by atoms with van der Waals surface area (Å²) in [6.07, 6.45) is 0. The van der Waals surface area contributed by atoms with Gasteiger partial charge < -0.3 is 9.72 Å². The van der Waals surface area contributed by atoms with Crippen molar-refractivity contribution in [2.45, 2.75) is 56.2 Å². The van der Waals surface area contributed by atoms with E-state index in [1.165, 1.54) is 17.3 Å². The van der Waals surface area contributed by atoms with E-state index in [9.17, 15) is 4.79 Å². The summed E-state index contributed by atoms with van der Waals surface area (Å²) in [7, 11) is 0. The number of nitrogens with zero attached hydrogens (tertiary/aromatic N) is 1. The third-order valence-corrected chi connectivity index (χ3v) is 5.62. The molecule has 2 aromatic rings. The Morgan fingerprint density at radius 1 is 1.19 bits per heavy atom. The van der Waals surface area contributed by atoms with Crippen LogP contribution >= 0.6 is 23.5 Å². The van der Waals surface area contributed by atoms with Gasteiger partial charge in [-0.05, 0) is 28.4 Å². The third-order valence-electron chi connectivity index (χ3n) is 3.65. The molecule has 0 saturated carbocycles. The normalized spacial score (nSPS) is 11.8. The zero-order valence-corrected chi connectivity index (χ0v) is 17.8. The van der Waals surface area contributed by atoms with E-state index in [4.69, 9.17) is 4.74 Å². The van der Waals surface area contributed by atoms with Crippen molar-refractivity contribution < 1.29 is 4.74 Å². The van der Waals surface area contributed by atoms with E-state index in [0.717, 1.165) is 22.9 Å². The Morgan fingerprint density at radius 3 is 2.50 bits per heavy atom. The first-order chi connectivity index (χ1) is 12.2. The fourth-order valence-electron chi connectivity index (χ4n) is 2.23. The van der Waals surface area contributed by atoms with E-state index >= 15 is 0 Å². The van der Waals surface area contributed by atoms with E-state index in [1.54, 1.807) is 17.8 Å². The first-order valence-electron chi connectivity index (χ1n) is 8.82. The number of aromatic amines is 1. The molecule has 142 valence electrons. The summed E-state index contributed by atoms with van der Waals surface area (Å²) in [5.74, 6) is 2.35. The fourth-order valence-corrected chi connectivity index (χ4v) is 3.59. The second-order valence-electron chi connectivity index (χ2n) is 7.37. The molecule has 0 spiro atoms. The van der Waals surface area contributed by atoms with Crippen LogP contribution in [0.25, 0.3) is 0 Å². The van der Waals surface area contributed by atoms with Crippen molar-refractivity contribution in [3.63, 3.8) is 0 Å². The van der Waals surface area contributed by atoms with Crippen LogP contribution in [0.4, 0.5) is 0 Å². The maximum absolute atomic E-state index is 11.8. The molecule has 1 N–H and O–H groups in total. The molecule has 1 aromatic carbocycles. The minimum absolute atomic E-state index is 0.0967. The second kappa shape index (κ2) is 9.51. The van der Waals surface area contributed by atoms with Gasteiger partial charge in [0.15, 0.2) is 5.16 Å². The molecule has 0 aliphatic rings. The zero-order chi connectivity index (χ0) is 19.2. The monoisotopic (exact) mass is 392 g/mol. The summed E-state index contributed by atoms with van der Waals surface area (Å²) in [6.45, 7) is 11.4. The molecule has 0 saturated heterocycles. The number of benzene rings is 1. The molecule has 1 aromatic heterocycles. The third kappa shape index (κ3) is 7.08. The molecule has 6 heteroatoms. The van der Waals surface area contributed by atoms with E-state index in [1.807, 2.05) is 12.1 Å². The van der Waals surface area contributed by atoms with Crippen molar-refractivity contribution in [2.24, 2.45) is 0 Å². The average molecular weight is 393 g/mol. The molecular weight excluding hydrogens is 364 g/mol. The number of rotatable bonds is 8. The van der Waals surface area contributed by atoms with Crippen molar-refractivity contribution in [1.29, 1.82) is 0 Å². The smallest absolute Gasteiger partial charge is 0.251 e.